The average Bonchev–Trinajstić information content (AvgIpc) is 2.64. The van der Waals surface area contributed by atoms with Crippen molar-refractivity contribution in [3.8, 4) is 0 Å². The Balaban J connectivity index is 1.95. The summed E-state index contributed by atoms with van der Waals surface area (Å²) in [6.07, 6.45) is -0.308. The van der Waals surface area contributed by atoms with Gasteiger partial charge in [-0.3, -0.25) is 4.79 Å². The number of hydrogen-bond donors (Lipinski definition) is 1. The SMILES string of the molecule is CC1COC(CO)CN1C(=O)C(c1ccccc1)c1ccccc1. The maximum atomic E-state index is 13.4. The molecular weight excluding hydrogens is 302 g/mol. The highest BCUT2D eigenvalue weighted by Crippen LogP contribution is 2.28. The molecule has 126 valence electrons. The number of benzene rings is 2. The molecule has 0 bridgehead atoms. The lowest BCUT2D eigenvalue weighted by Gasteiger charge is -2.39. The number of carbonyl (C=O) groups is 1. The number of amides is 1. The van der Waals surface area contributed by atoms with Crippen LogP contribution in [0.3, 0.4) is 0 Å². The molecule has 1 amide bonds. The highest BCUT2D eigenvalue weighted by Gasteiger charge is 2.34. The van der Waals surface area contributed by atoms with Crippen LogP contribution in [0.25, 0.3) is 0 Å². The van der Waals surface area contributed by atoms with Crippen molar-refractivity contribution < 1.29 is 14.6 Å². The van der Waals surface area contributed by atoms with Crippen LogP contribution in [0.15, 0.2) is 60.7 Å². The molecule has 1 aliphatic heterocycles. The molecule has 0 spiro atoms. The zero-order valence-electron chi connectivity index (χ0n) is 13.8. The molecule has 2 unspecified atom stereocenters. The van der Waals surface area contributed by atoms with Crippen molar-refractivity contribution in [3.05, 3.63) is 71.8 Å². The first kappa shape index (κ1) is 16.7. The van der Waals surface area contributed by atoms with E-state index in [-0.39, 0.29) is 30.6 Å². The molecule has 0 aromatic heterocycles. The van der Waals surface area contributed by atoms with Crippen LogP contribution >= 0.6 is 0 Å². The van der Waals surface area contributed by atoms with Gasteiger partial charge < -0.3 is 14.7 Å². The van der Waals surface area contributed by atoms with E-state index in [2.05, 4.69) is 0 Å². The van der Waals surface area contributed by atoms with Crippen molar-refractivity contribution in [2.75, 3.05) is 19.8 Å². The van der Waals surface area contributed by atoms with Crippen LogP contribution in [-0.4, -0.2) is 47.8 Å². The third-order valence-corrected chi connectivity index (χ3v) is 4.50. The van der Waals surface area contributed by atoms with Crippen molar-refractivity contribution in [2.45, 2.75) is 25.0 Å². The summed E-state index contributed by atoms with van der Waals surface area (Å²) in [7, 11) is 0. The molecular formula is C20H23NO3. The largest absolute Gasteiger partial charge is 0.394 e. The van der Waals surface area contributed by atoms with Crippen LogP contribution in [0.4, 0.5) is 0 Å². The van der Waals surface area contributed by atoms with E-state index in [4.69, 9.17) is 4.74 Å². The smallest absolute Gasteiger partial charge is 0.234 e. The Labute approximate surface area is 142 Å². The van der Waals surface area contributed by atoms with Gasteiger partial charge in [-0.05, 0) is 18.1 Å². The minimum atomic E-state index is -0.340. The Bertz CT molecular complexity index is 620. The summed E-state index contributed by atoms with van der Waals surface area (Å²) in [6, 6.07) is 19.7. The molecule has 0 saturated carbocycles. The second-order valence-electron chi connectivity index (χ2n) is 6.23. The van der Waals surface area contributed by atoms with Gasteiger partial charge in [0.15, 0.2) is 0 Å². The Morgan fingerprint density at radius 2 is 1.67 bits per heavy atom. The first-order valence-corrected chi connectivity index (χ1v) is 8.33. The fourth-order valence-corrected chi connectivity index (χ4v) is 3.17. The van der Waals surface area contributed by atoms with E-state index in [9.17, 15) is 9.90 Å². The summed E-state index contributed by atoms with van der Waals surface area (Å²) in [5.74, 6) is -0.283. The highest BCUT2D eigenvalue weighted by molar-refractivity contribution is 5.87. The number of hydrogen-bond acceptors (Lipinski definition) is 3. The lowest BCUT2D eigenvalue weighted by atomic mass is 9.89. The predicted molar refractivity (Wildman–Crippen MR) is 92.7 cm³/mol. The van der Waals surface area contributed by atoms with Gasteiger partial charge in [0.1, 0.15) is 0 Å². The average molecular weight is 325 g/mol. The fourth-order valence-electron chi connectivity index (χ4n) is 3.17. The van der Waals surface area contributed by atoms with Crippen LogP contribution < -0.4 is 0 Å². The molecule has 3 rings (SSSR count). The molecule has 0 aliphatic carbocycles. The molecule has 4 heteroatoms. The van der Waals surface area contributed by atoms with Gasteiger partial charge in [-0.25, -0.2) is 0 Å². The number of morpholine rings is 1. The summed E-state index contributed by atoms with van der Waals surface area (Å²) in [5.41, 5.74) is 1.96. The molecule has 4 nitrogen and oxygen atoms in total. The molecule has 1 N–H and O–H groups in total. The zero-order chi connectivity index (χ0) is 16.9. The van der Waals surface area contributed by atoms with Gasteiger partial charge in [-0.15, -0.1) is 0 Å². The predicted octanol–water partition coefficient (Wildman–Crippen LogP) is 2.43. The first-order valence-electron chi connectivity index (χ1n) is 8.33. The third-order valence-electron chi connectivity index (χ3n) is 4.50. The Morgan fingerprint density at radius 1 is 1.12 bits per heavy atom. The number of carbonyl (C=O) groups excluding carboxylic acids is 1. The van der Waals surface area contributed by atoms with Crippen LogP contribution in [0.2, 0.25) is 0 Å². The van der Waals surface area contributed by atoms with E-state index in [1.54, 1.807) is 0 Å². The van der Waals surface area contributed by atoms with E-state index in [0.717, 1.165) is 11.1 Å². The van der Waals surface area contributed by atoms with Gasteiger partial charge in [-0.1, -0.05) is 60.7 Å². The Hall–Kier alpha value is -2.17. The number of nitrogens with zero attached hydrogens (tertiary/aromatic N) is 1. The number of aliphatic hydroxyl groups is 1. The molecule has 0 radical (unpaired) electrons. The maximum absolute atomic E-state index is 13.4. The number of ether oxygens (including phenoxy) is 1. The minimum Gasteiger partial charge on any atom is -0.394 e. The van der Waals surface area contributed by atoms with Crippen molar-refractivity contribution >= 4 is 5.91 Å². The lowest BCUT2D eigenvalue weighted by Crippen LogP contribution is -2.53. The quantitative estimate of drug-likeness (QED) is 0.939. The summed E-state index contributed by atoms with van der Waals surface area (Å²) in [5, 5.41) is 9.39. The monoisotopic (exact) mass is 325 g/mol. The molecule has 24 heavy (non-hydrogen) atoms. The van der Waals surface area contributed by atoms with E-state index >= 15 is 0 Å². The van der Waals surface area contributed by atoms with Crippen LogP contribution in [0.5, 0.6) is 0 Å². The Morgan fingerprint density at radius 3 is 2.17 bits per heavy atom. The number of aliphatic hydroxyl groups excluding tert-OH is 1. The van der Waals surface area contributed by atoms with E-state index in [1.165, 1.54) is 0 Å². The van der Waals surface area contributed by atoms with Crippen molar-refractivity contribution in [2.24, 2.45) is 0 Å². The summed E-state index contributed by atoms with van der Waals surface area (Å²) in [4.78, 5) is 15.2. The maximum Gasteiger partial charge on any atom is 0.234 e. The van der Waals surface area contributed by atoms with Gasteiger partial charge in [0.05, 0.1) is 31.3 Å². The second kappa shape index (κ2) is 7.60. The van der Waals surface area contributed by atoms with E-state index < -0.39 is 0 Å². The van der Waals surface area contributed by atoms with E-state index in [0.29, 0.717) is 13.2 Å². The molecule has 2 aromatic carbocycles. The molecule has 1 aliphatic rings. The molecule has 1 saturated heterocycles. The summed E-state index contributed by atoms with van der Waals surface area (Å²) >= 11 is 0. The fraction of sp³-hybridized carbons (Fsp3) is 0.350. The second-order valence-corrected chi connectivity index (χ2v) is 6.23. The summed E-state index contributed by atoms with van der Waals surface area (Å²) in [6.45, 7) is 2.79. The molecule has 1 heterocycles. The third kappa shape index (κ3) is 3.50. The normalized spacial score (nSPS) is 21.0. The standard InChI is InChI=1S/C20H23NO3/c1-15-14-24-18(13-22)12-21(15)20(23)19(16-8-4-2-5-9-16)17-10-6-3-7-11-17/h2-11,15,18-19,22H,12-14H2,1H3. The summed E-state index contributed by atoms with van der Waals surface area (Å²) < 4.78 is 5.57. The first-order chi connectivity index (χ1) is 11.7. The van der Waals surface area contributed by atoms with Crippen molar-refractivity contribution in [3.63, 3.8) is 0 Å². The van der Waals surface area contributed by atoms with Crippen molar-refractivity contribution in [1.29, 1.82) is 0 Å². The van der Waals surface area contributed by atoms with Crippen LogP contribution in [0.1, 0.15) is 24.0 Å². The Kier molecular flexibility index (Phi) is 5.28. The van der Waals surface area contributed by atoms with Gasteiger partial charge in [0, 0.05) is 6.54 Å². The van der Waals surface area contributed by atoms with Gasteiger partial charge in [0.25, 0.3) is 0 Å². The molecule has 1 fully saturated rings. The topological polar surface area (TPSA) is 49.8 Å². The lowest BCUT2D eigenvalue weighted by molar-refractivity contribution is -0.146. The van der Waals surface area contributed by atoms with E-state index in [1.807, 2.05) is 72.5 Å². The molecule has 2 aromatic rings. The highest BCUT2D eigenvalue weighted by atomic mass is 16.5. The van der Waals surface area contributed by atoms with Gasteiger partial charge in [0.2, 0.25) is 5.91 Å². The zero-order valence-corrected chi connectivity index (χ0v) is 13.8. The van der Waals surface area contributed by atoms with Crippen LogP contribution in [0, 0.1) is 0 Å². The van der Waals surface area contributed by atoms with Crippen LogP contribution in [-0.2, 0) is 9.53 Å². The minimum absolute atomic E-state index is 0.00442. The van der Waals surface area contributed by atoms with Gasteiger partial charge >= 0.3 is 0 Å². The number of rotatable bonds is 4. The molecule has 2 atom stereocenters. The van der Waals surface area contributed by atoms with Gasteiger partial charge in [-0.2, -0.15) is 0 Å². The van der Waals surface area contributed by atoms with Crippen molar-refractivity contribution in [1.82, 2.24) is 4.90 Å².